The van der Waals surface area contributed by atoms with Crippen LogP contribution in [0.5, 0.6) is 0 Å². The maximum Gasteiger partial charge on any atom is 0.165 e. The Morgan fingerprint density at radius 3 is 3.18 bits per heavy atom. The number of carbonyl (C=O) groups is 1. The number of hydrogen-bond donors (Lipinski definition) is 1. The van der Waals surface area contributed by atoms with Crippen molar-refractivity contribution in [3.8, 4) is 0 Å². The van der Waals surface area contributed by atoms with Crippen LogP contribution in [0.2, 0.25) is 0 Å². The van der Waals surface area contributed by atoms with Gasteiger partial charge in [-0.3, -0.25) is 4.79 Å². The highest BCUT2D eigenvalue weighted by atomic mass is 32.2. The Balaban J connectivity index is 2.29. The molecule has 1 rings (SSSR count). The molecule has 0 amide bonds. The lowest BCUT2D eigenvalue weighted by molar-refractivity contribution is -0.116. The third kappa shape index (κ3) is 2.76. The summed E-state index contributed by atoms with van der Waals surface area (Å²) in [4.78, 5) is 17.7. The molecule has 1 N–H and O–H groups in total. The number of carbonyl (C=O) groups excluding carboxylic acids is 1. The molecule has 1 aromatic rings. The number of H-pyrrole nitrogens is 1. The molecule has 0 unspecified atom stereocenters. The van der Waals surface area contributed by atoms with Crippen LogP contribution in [0.4, 0.5) is 0 Å². The highest BCUT2D eigenvalue weighted by molar-refractivity contribution is 7.99. The summed E-state index contributed by atoms with van der Waals surface area (Å²) >= 11 is 1.44. The summed E-state index contributed by atoms with van der Waals surface area (Å²) in [5, 5.41) is 0.812. The first-order valence-corrected chi connectivity index (χ1v) is 4.45. The van der Waals surface area contributed by atoms with Crippen molar-refractivity contribution in [1.82, 2.24) is 9.97 Å². The van der Waals surface area contributed by atoms with Gasteiger partial charge in [0.05, 0.1) is 5.75 Å². The van der Waals surface area contributed by atoms with E-state index in [1.807, 2.05) is 6.92 Å². The number of ketones is 1. The molecular formula is C7H10N2OS. The molecule has 0 atom stereocenters. The first-order valence-electron chi connectivity index (χ1n) is 3.46. The van der Waals surface area contributed by atoms with Crippen LogP contribution in [0.1, 0.15) is 13.3 Å². The summed E-state index contributed by atoms with van der Waals surface area (Å²) in [5.74, 6) is 0.774. The van der Waals surface area contributed by atoms with Crippen LogP contribution in [-0.2, 0) is 4.79 Å². The SMILES string of the molecule is CCC(=O)CSc1ncc[nH]1. The molecular weight excluding hydrogens is 160 g/mol. The number of aromatic amines is 1. The second-order valence-corrected chi connectivity index (χ2v) is 3.04. The van der Waals surface area contributed by atoms with E-state index in [4.69, 9.17) is 0 Å². The maximum atomic E-state index is 10.8. The number of hydrogen-bond acceptors (Lipinski definition) is 3. The van der Waals surface area contributed by atoms with Crippen LogP contribution in [-0.4, -0.2) is 21.5 Å². The molecule has 0 aromatic carbocycles. The molecule has 0 fully saturated rings. The van der Waals surface area contributed by atoms with E-state index in [0.29, 0.717) is 12.2 Å². The van der Waals surface area contributed by atoms with Gasteiger partial charge >= 0.3 is 0 Å². The monoisotopic (exact) mass is 170 g/mol. The van der Waals surface area contributed by atoms with Gasteiger partial charge in [-0.15, -0.1) is 0 Å². The standard InChI is InChI=1S/C7H10N2OS/c1-2-6(10)5-11-7-8-3-4-9-7/h3-4H,2,5H2,1H3,(H,8,9). The smallest absolute Gasteiger partial charge is 0.165 e. The average molecular weight is 170 g/mol. The van der Waals surface area contributed by atoms with Gasteiger partial charge in [0.15, 0.2) is 5.16 Å². The van der Waals surface area contributed by atoms with Crippen molar-refractivity contribution in [3.63, 3.8) is 0 Å². The van der Waals surface area contributed by atoms with Gasteiger partial charge in [-0.2, -0.15) is 0 Å². The molecule has 3 nitrogen and oxygen atoms in total. The van der Waals surface area contributed by atoms with Crippen molar-refractivity contribution in [2.24, 2.45) is 0 Å². The minimum Gasteiger partial charge on any atom is -0.340 e. The summed E-state index contributed by atoms with van der Waals surface area (Å²) in [6.07, 6.45) is 4.03. The van der Waals surface area contributed by atoms with Gasteiger partial charge in [-0.05, 0) is 0 Å². The Morgan fingerprint density at radius 1 is 1.82 bits per heavy atom. The second-order valence-electron chi connectivity index (χ2n) is 2.08. The van der Waals surface area contributed by atoms with Gasteiger partial charge in [0.2, 0.25) is 0 Å². The second kappa shape index (κ2) is 4.18. The lowest BCUT2D eigenvalue weighted by Gasteiger charge is -1.93. The number of Topliss-reactive ketones (excluding diaryl/α,β-unsaturated/α-hetero) is 1. The number of nitrogens with zero attached hydrogens (tertiary/aromatic N) is 1. The van der Waals surface area contributed by atoms with Crippen molar-refractivity contribution < 1.29 is 4.79 Å². The van der Waals surface area contributed by atoms with Crippen molar-refractivity contribution in [2.45, 2.75) is 18.5 Å². The van der Waals surface area contributed by atoms with Gasteiger partial charge in [-0.1, -0.05) is 18.7 Å². The van der Waals surface area contributed by atoms with Crippen LogP contribution in [0.15, 0.2) is 17.6 Å². The number of imidazole rings is 1. The van der Waals surface area contributed by atoms with Gasteiger partial charge < -0.3 is 4.98 Å². The molecule has 11 heavy (non-hydrogen) atoms. The molecule has 0 radical (unpaired) electrons. The minimum absolute atomic E-state index is 0.256. The predicted molar refractivity (Wildman–Crippen MR) is 44.6 cm³/mol. The quantitative estimate of drug-likeness (QED) is 0.696. The van der Waals surface area contributed by atoms with E-state index >= 15 is 0 Å². The Kier molecular flexibility index (Phi) is 3.16. The fourth-order valence-corrected chi connectivity index (χ4v) is 1.37. The summed E-state index contributed by atoms with van der Waals surface area (Å²) in [6, 6.07) is 0. The van der Waals surface area contributed by atoms with E-state index in [1.165, 1.54) is 11.8 Å². The molecule has 0 bridgehead atoms. The topological polar surface area (TPSA) is 45.8 Å². The Labute approximate surface area is 69.6 Å². The van der Waals surface area contributed by atoms with Crippen LogP contribution in [0, 0.1) is 0 Å². The van der Waals surface area contributed by atoms with Gasteiger partial charge in [0.1, 0.15) is 5.78 Å². The molecule has 60 valence electrons. The van der Waals surface area contributed by atoms with E-state index < -0.39 is 0 Å². The van der Waals surface area contributed by atoms with Crippen molar-refractivity contribution in [1.29, 1.82) is 0 Å². The third-order valence-corrected chi connectivity index (χ3v) is 2.20. The highest BCUT2D eigenvalue weighted by Gasteiger charge is 2.00. The number of rotatable bonds is 4. The highest BCUT2D eigenvalue weighted by Crippen LogP contribution is 2.11. The van der Waals surface area contributed by atoms with E-state index in [0.717, 1.165) is 5.16 Å². The summed E-state index contributed by atoms with van der Waals surface area (Å²) in [7, 11) is 0. The van der Waals surface area contributed by atoms with Gasteiger partial charge in [0, 0.05) is 18.8 Å². The molecule has 0 aliphatic carbocycles. The molecule has 0 aliphatic heterocycles. The largest absolute Gasteiger partial charge is 0.340 e. The van der Waals surface area contributed by atoms with E-state index in [1.54, 1.807) is 12.4 Å². The molecule has 1 heterocycles. The zero-order valence-corrected chi connectivity index (χ0v) is 7.15. The molecule has 0 aliphatic rings. The van der Waals surface area contributed by atoms with Crippen molar-refractivity contribution in [3.05, 3.63) is 12.4 Å². The van der Waals surface area contributed by atoms with Crippen LogP contribution in [0.25, 0.3) is 0 Å². The molecule has 0 saturated carbocycles. The van der Waals surface area contributed by atoms with Crippen LogP contribution >= 0.6 is 11.8 Å². The van der Waals surface area contributed by atoms with E-state index in [9.17, 15) is 4.79 Å². The number of nitrogens with one attached hydrogen (secondary N) is 1. The first kappa shape index (κ1) is 8.33. The first-order chi connectivity index (χ1) is 5.33. The van der Waals surface area contributed by atoms with Crippen molar-refractivity contribution >= 4 is 17.5 Å². The van der Waals surface area contributed by atoms with E-state index in [2.05, 4.69) is 9.97 Å². The van der Waals surface area contributed by atoms with Gasteiger partial charge in [0.25, 0.3) is 0 Å². The molecule has 0 spiro atoms. The zero-order chi connectivity index (χ0) is 8.10. The summed E-state index contributed by atoms with van der Waals surface area (Å²) < 4.78 is 0. The van der Waals surface area contributed by atoms with Crippen molar-refractivity contribution in [2.75, 3.05) is 5.75 Å². The third-order valence-electron chi connectivity index (χ3n) is 1.24. The Hall–Kier alpha value is -0.770. The number of aromatic nitrogens is 2. The molecule has 1 aromatic heterocycles. The van der Waals surface area contributed by atoms with Crippen LogP contribution < -0.4 is 0 Å². The lowest BCUT2D eigenvalue weighted by atomic mass is 10.4. The summed E-state index contributed by atoms with van der Waals surface area (Å²) in [5.41, 5.74) is 0. The molecule has 4 heteroatoms. The van der Waals surface area contributed by atoms with Crippen LogP contribution in [0.3, 0.4) is 0 Å². The minimum atomic E-state index is 0.256. The average Bonchev–Trinajstić information content (AvgIpc) is 2.52. The molecule has 0 saturated heterocycles. The zero-order valence-electron chi connectivity index (χ0n) is 6.33. The number of thioether (sulfide) groups is 1. The predicted octanol–water partition coefficient (Wildman–Crippen LogP) is 1.48. The van der Waals surface area contributed by atoms with E-state index in [-0.39, 0.29) is 5.78 Å². The Morgan fingerprint density at radius 2 is 2.64 bits per heavy atom. The lowest BCUT2D eigenvalue weighted by Crippen LogP contribution is -1.98. The Bertz CT molecular complexity index is 220. The summed E-state index contributed by atoms with van der Waals surface area (Å²) in [6.45, 7) is 1.87. The van der Waals surface area contributed by atoms with Gasteiger partial charge in [-0.25, -0.2) is 4.98 Å². The maximum absolute atomic E-state index is 10.8. The fourth-order valence-electron chi connectivity index (χ4n) is 0.581. The normalized spacial score (nSPS) is 9.91. The fraction of sp³-hybridized carbons (Fsp3) is 0.429.